The lowest BCUT2D eigenvalue weighted by Gasteiger charge is -2.38. The monoisotopic (exact) mass is 435 g/mol. The van der Waals surface area contributed by atoms with Gasteiger partial charge in [-0.2, -0.15) is 4.98 Å². The predicted octanol–water partition coefficient (Wildman–Crippen LogP) is 3.14. The second kappa shape index (κ2) is 8.83. The van der Waals surface area contributed by atoms with Gasteiger partial charge in [-0.3, -0.25) is 4.90 Å². The summed E-state index contributed by atoms with van der Waals surface area (Å²) in [6.45, 7) is 6.94. The van der Waals surface area contributed by atoms with Crippen LogP contribution < -0.4 is 18.9 Å². The van der Waals surface area contributed by atoms with Crippen LogP contribution in [0.3, 0.4) is 0 Å². The second-order valence-electron chi connectivity index (χ2n) is 7.34. The third kappa shape index (κ3) is 4.26. The van der Waals surface area contributed by atoms with Gasteiger partial charge in [-0.05, 0) is 38.3 Å². The van der Waals surface area contributed by atoms with Crippen LogP contribution in [-0.4, -0.2) is 53.1 Å². The molecule has 3 heterocycles. The highest BCUT2D eigenvalue weighted by Crippen LogP contribution is 2.40. The molecule has 2 aliphatic heterocycles. The molecular formula is C21H26ClN3O5. The van der Waals surface area contributed by atoms with Gasteiger partial charge < -0.3 is 24.1 Å². The van der Waals surface area contributed by atoms with E-state index >= 15 is 0 Å². The number of nitrogens with zero attached hydrogens (tertiary/aromatic N) is 3. The standard InChI is InChI=1S/C21H26ClN3O5/c1-3-27-19-15(11-23-20(24-19)28-4-2)21(26)5-7-25(8-6-21)12-14-9-17-18(10-16(14)22)30-13-29-17/h9-11,26H,3-8,12-13H2,1-2H3. The van der Waals surface area contributed by atoms with E-state index in [1.165, 1.54) is 0 Å². The number of rotatable bonds is 7. The van der Waals surface area contributed by atoms with Gasteiger partial charge in [0, 0.05) is 36.9 Å². The van der Waals surface area contributed by atoms with Gasteiger partial charge in [0.05, 0.1) is 24.4 Å². The Balaban J connectivity index is 1.46. The normalized spacial score (nSPS) is 17.7. The second-order valence-corrected chi connectivity index (χ2v) is 7.75. The smallest absolute Gasteiger partial charge is 0.319 e. The van der Waals surface area contributed by atoms with E-state index in [1.807, 2.05) is 19.9 Å². The molecule has 4 rings (SSSR count). The van der Waals surface area contributed by atoms with E-state index in [0.717, 1.165) is 11.3 Å². The molecule has 162 valence electrons. The van der Waals surface area contributed by atoms with Crippen LogP contribution in [0.5, 0.6) is 23.4 Å². The number of hydrogen-bond donors (Lipinski definition) is 1. The quantitative estimate of drug-likeness (QED) is 0.709. The molecular weight excluding hydrogens is 410 g/mol. The van der Waals surface area contributed by atoms with E-state index in [9.17, 15) is 5.11 Å². The van der Waals surface area contributed by atoms with E-state index in [1.54, 1.807) is 12.3 Å². The molecule has 1 aromatic carbocycles. The molecule has 0 bridgehead atoms. The highest BCUT2D eigenvalue weighted by molar-refractivity contribution is 6.31. The number of likely N-dealkylation sites (tertiary alicyclic amines) is 1. The fourth-order valence-corrected chi connectivity index (χ4v) is 4.00. The van der Waals surface area contributed by atoms with Crippen molar-refractivity contribution in [2.45, 2.75) is 38.8 Å². The molecule has 1 N–H and O–H groups in total. The van der Waals surface area contributed by atoms with Crippen molar-refractivity contribution in [2.24, 2.45) is 0 Å². The van der Waals surface area contributed by atoms with Crippen molar-refractivity contribution in [3.05, 3.63) is 34.5 Å². The minimum Gasteiger partial charge on any atom is -0.478 e. The first-order chi connectivity index (χ1) is 14.5. The average Bonchev–Trinajstić information content (AvgIpc) is 3.18. The first-order valence-corrected chi connectivity index (χ1v) is 10.6. The highest BCUT2D eigenvalue weighted by Gasteiger charge is 2.38. The Morgan fingerprint density at radius 2 is 1.83 bits per heavy atom. The molecule has 2 aromatic rings. The van der Waals surface area contributed by atoms with E-state index in [0.29, 0.717) is 67.9 Å². The molecule has 0 aliphatic carbocycles. The summed E-state index contributed by atoms with van der Waals surface area (Å²) in [6.07, 6.45) is 2.69. The van der Waals surface area contributed by atoms with Crippen molar-refractivity contribution in [1.29, 1.82) is 0 Å². The average molecular weight is 436 g/mol. The van der Waals surface area contributed by atoms with Gasteiger partial charge in [0.25, 0.3) is 0 Å². The van der Waals surface area contributed by atoms with Crippen molar-refractivity contribution in [3.63, 3.8) is 0 Å². The number of aromatic nitrogens is 2. The lowest BCUT2D eigenvalue weighted by atomic mass is 9.85. The summed E-state index contributed by atoms with van der Waals surface area (Å²) in [7, 11) is 0. The molecule has 2 aliphatic rings. The van der Waals surface area contributed by atoms with Crippen LogP contribution in [0.25, 0.3) is 0 Å². The number of aliphatic hydroxyl groups is 1. The number of hydrogen-bond acceptors (Lipinski definition) is 8. The van der Waals surface area contributed by atoms with Gasteiger partial charge in [0.15, 0.2) is 11.5 Å². The molecule has 0 amide bonds. The molecule has 0 unspecified atom stereocenters. The maximum absolute atomic E-state index is 11.3. The molecule has 9 heteroatoms. The maximum atomic E-state index is 11.3. The van der Waals surface area contributed by atoms with Gasteiger partial charge >= 0.3 is 6.01 Å². The molecule has 0 saturated carbocycles. The zero-order valence-electron chi connectivity index (χ0n) is 17.2. The minimum atomic E-state index is -1.05. The van der Waals surface area contributed by atoms with Crippen LogP contribution in [0.15, 0.2) is 18.3 Å². The van der Waals surface area contributed by atoms with Crippen molar-refractivity contribution in [1.82, 2.24) is 14.9 Å². The van der Waals surface area contributed by atoms with E-state index in [4.69, 9.17) is 30.5 Å². The molecule has 0 radical (unpaired) electrons. The van der Waals surface area contributed by atoms with Crippen LogP contribution in [0.2, 0.25) is 5.02 Å². The van der Waals surface area contributed by atoms with Crippen LogP contribution in [0.1, 0.15) is 37.8 Å². The number of piperidine rings is 1. The predicted molar refractivity (Wildman–Crippen MR) is 110 cm³/mol. The molecule has 1 aromatic heterocycles. The molecule has 8 nitrogen and oxygen atoms in total. The Labute approximate surface area is 180 Å². The third-order valence-electron chi connectivity index (χ3n) is 5.41. The SMILES string of the molecule is CCOc1ncc(C2(O)CCN(Cc3cc4c(cc3Cl)OCO4)CC2)c(OCC)n1. The lowest BCUT2D eigenvalue weighted by molar-refractivity contribution is -0.0303. The number of ether oxygens (including phenoxy) is 4. The maximum Gasteiger partial charge on any atom is 0.319 e. The number of halogens is 1. The number of benzene rings is 1. The summed E-state index contributed by atoms with van der Waals surface area (Å²) < 4.78 is 21.9. The number of fused-ring (bicyclic) bond motifs is 1. The summed E-state index contributed by atoms with van der Waals surface area (Å²) in [6, 6.07) is 3.98. The fraction of sp³-hybridized carbons (Fsp3) is 0.524. The molecule has 30 heavy (non-hydrogen) atoms. The van der Waals surface area contributed by atoms with Crippen molar-refractivity contribution in [3.8, 4) is 23.4 Å². The molecule has 0 atom stereocenters. The summed E-state index contributed by atoms with van der Waals surface area (Å²) in [5.41, 5.74) is 0.532. The third-order valence-corrected chi connectivity index (χ3v) is 5.76. The Hall–Kier alpha value is -2.29. The van der Waals surface area contributed by atoms with Gasteiger partial charge in [-0.25, -0.2) is 4.98 Å². The summed E-state index contributed by atoms with van der Waals surface area (Å²) >= 11 is 6.42. The Morgan fingerprint density at radius 3 is 2.53 bits per heavy atom. The van der Waals surface area contributed by atoms with Crippen molar-refractivity contribution >= 4 is 11.6 Å². The molecule has 1 fully saturated rings. The Kier molecular flexibility index (Phi) is 6.17. The van der Waals surface area contributed by atoms with Crippen LogP contribution in [0, 0.1) is 0 Å². The van der Waals surface area contributed by atoms with Gasteiger partial charge in [0.2, 0.25) is 12.7 Å². The summed E-state index contributed by atoms with van der Waals surface area (Å²) in [5, 5.41) is 12.0. The molecule has 1 saturated heterocycles. The van der Waals surface area contributed by atoms with Crippen LogP contribution in [0.4, 0.5) is 0 Å². The van der Waals surface area contributed by atoms with E-state index in [-0.39, 0.29) is 12.8 Å². The zero-order chi connectivity index (χ0) is 21.1. The molecule has 0 spiro atoms. The fourth-order valence-electron chi connectivity index (χ4n) is 3.79. The van der Waals surface area contributed by atoms with Crippen molar-refractivity contribution < 1.29 is 24.1 Å². The first-order valence-electron chi connectivity index (χ1n) is 10.2. The lowest BCUT2D eigenvalue weighted by Crippen LogP contribution is -2.42. The largest absolute Gasteiger partial charge is 0.478 e. The van der Waals surface area contributed by atoms with E-state index in [2.05, 4.69) is 14.9 Å². The Bertz CT molecular complexity index is 902. The summed E-state index contributed by atoms with van der Waals surface area (Å²) in [4.78, 5) is 10.8. The van der Waals surface area contributed by atoms with Crippen molar-refractivity contribution in [2.75, 3.05) is 33.1 Å². The first kappa shape index (κ1) is 21.0. The highest BCUT2D eigenvalue weighted by atomic mass is 35.5. The van der Waals surface area contributed by atoms with Gasteiger partial charge in [-0.15, -0.1) is 0 Å². The van der Waals surface area contributed by atoms with Gasteiger partial charge in [-0.1, -0.05) is 11.6 Å². The zero-order valence-corrected chi connectivity index (χ0v) is 17.9. The minimum absolute atomic E-state index is 0.220. The van der Waals surface area contributed by atoms with Crippen LogP contribution >= 0.6 is 11.6 Å². The summed E-state index contributed by atoms with van der Waals surface area (Å²) in [5.74, 6) is 1.78. The van der Waals surface area contributed by atoms with Crippen LogP contribution in [-0.2, 0) is 12.1 Å². The Morgan fingerprint density at radius 1 is 1.13 bits per heavy atom. The van der Waals surface area contributed by atoms with E-state index < -0.39 is 5.60 Å². The van der Waals surface area contributed by atoms with Gasteiger partial charge in [0.1, 0.15) is 0 Å². The topological polar surface area (TPSA) is 86.2 Å².